The Kier molecular flexibility index (Phi) is 5.90. The summed E-state index contributed by atoms with van der Waals surface area (Å²) < 4.78 is 5.87. The van der Waals surface area contributed by atoms with Crippen molar-refractivity contribution in [3.05, 3.63) is 54.6 Å². The second kappa shape index (κ2) is 8.53. The van der Waals surface area contributed by atoms with E-state index in [2.05, 4.69) is 17.4 Å². The van der Waals surface area contributed by atoms with Crippen LogP contribution in [0.25, 0.3) is 11.1 Å². The molecule has 0 spiro atoms. The molecule has 2 N–H and O–H groups in total. The summed E-state index contributed by atoms with van der Waals surface area (Å²) in [6.07, 6.45) is 0.866. The molecule has 1 fully saturated rings. The SMILES string of the molecule is O=C(NCCOc1ccccc1-c1ccccc1)N1CCC(CO)C1. The van der Waals surface area contributed by atoms with Gasteiger partial charge in [0.15, 0.2) is 0 Å². The fourth-order valence-electron chi connectivity index (χ4n) is 3.05. The van der Waals surface area contributed by atoms with Crippen LogP contribution in [0.4, 0.5) is 4.79 Å². The lowest BCUT2D eigenvalue weighted by Gasteiger charge is -2.17. The number of carbonyl (C=O) groups is 1. The molecular formula is C20H24N2O3. The van der Waals surface area contributed by atoms with Crippen molar-refractivity contribution in [1.82, 2.24) is 10.2 Å². The lowest BCUT2D eigenvalue weighted by atomic mass is 10.1. The van der Waals surface area contributed by atoms with Gasteiger partial charge in [-0.25, -0.2) is 4.79 Å². The molecule has 2 aromatic carbocycles. The predicted octanol–water partition coefficient (Wildman–Crippen LogP) is 2.76. The van der Waals surface area contributed by atoms with Crippen molar-refractivity contribution >= 4 is 6.03 Å². The van der Waals surface area contributed by atoms with E-state index < -0.39 is 0 Å². The van der Waals surface area contributed by atoms with Crippen molar-refractivity contribution in [2.45, 2.75) is 6.42 Å². The molecule has 1 atom stereocenters. The summed E-state index contributed by atoms with van der Waals surface area (Å²) >= 11 is 0. The van der Waals surface area contributed by atoms with Gasteiger partial charge in [0.2, 0.25) is 0 Å². The van der Waals surface area contributed by atoms with Gasteiger partial charge in [0.1, 0.15) is 12.4 Å². The monoisotopic (exact) mass is 340 g/mol. The number of ether oxygens (including phenoxy) is 1. The molecule has 1 aliphatic rings. The van der Waals surface area contributed by atoms with Crippen molar-refractivity contribution in [1.29, 1.82) is 0 Å². The highest BCUT2D eigenvalue weighted by atomic mass is 16.5. The first kappa shape index (κ1) is 17.3. The highest BCUT2D eigenvalue weighted by Crippen LogP contribution is 2.29. The summed E-state index contributed by atoms with van der Waals surface area (Å²) in [5, 5.41) is 12.0. The number of benzene rings is 2. The number of para-hydroxylation sites is 1. The Labute approximate surface area is 148 Å². The van der Waals surface area contributed by atoms with Crippen molar-refractivity contribution in [2.75, 3.05) is 32.8 Å². The molecule has 0 saturated carbocycles. The van der Waals surface area contributed by atoms with Gasteiger partial charge in [0, 0.05) is 31.2 Å². The Morgan fingerprint density at radius 3 is 2.68 bits per heavy atom. The summed E-state index contributed by atoms with van der Waals surface area (Å²) in [7, 11) is 0. The Balaban J connectivity index is 1.49. The Hall–Kier alpha value is -2.53. The number of hydrogen-bond donors (Lipinski definition) is 2. The van der Waals surface area contributed by atoms with E-state index in [9.17, 15) is 4.79 Å². The maximum absolute atomic E-state index is 12.1. The predicted molar refractivity (Wildman–Crippen MR) is 97.5 cm³/mol. The molecule has 2 amide bonds. The van der Waals surface area contributed by atoms with Gasteiger partial charge in [-0.2, -0.15) is 0 Å². The van der Waals surface area contributed by atoms with Crippen LogP contribution in [0, 0.1) is 5.92 Å². The van der Waals surface area contributed by atoms with Crippen LogP contribution < -0.4 is 10.1 Å². The lowest BCUT2D eigenvalue weighted by Crippen LogP contribution is -2.40. The molecule has 0 aliphatic carbocycles. The first-order chi connectivity index (χ1) is 12.3. The van der Waals surface area contributed by atoms with E-state index in [0.717, 1.165) is 23.3 Å². The first-order valence-corrected chi connectivity index (χ1v) is 8.69. The average Bonchev–Trinajstić information content (AvgIpc) is 3.15. The van der Waals surface area contributed by atoms with Crippen LogP contribution in [-0.2, 0) is 0 Å². The maximum Gasteiger partial charge on any atom is 0.317 e. The number of aliphatic hydroxyl groups excluding tert-OH is 1. The fourth-order valence-corrected chi connectivity index (χ4v) is 3.05. The molecule has 1 unspecified atom stereocenters. The first-order valence-electron chi connectivity index (χ1n) is 8.69. The normalized spacial score (nSPS) is 16.7. The van der Waals surface area contributed by atoms with Crippen LogP contribution >= 0.6 is 0 Å². The fraction of sp³-hybridized carbons (Fsp3) is 0.350. The van der Waals surface area contributed by atoms with Gasteiger partial charge in [-0.05, 0) is 18.1 Å². The number of aliphatic hydroxyl groups is 1. The topological polar surface area (TPSA) is 61.8 Å². The molecule has 0 aromatic heterocycles. The van der Waals surface area contributed by atoms with Crippen LogP contribution in [0.3, 0.4) is 0 Å². The summed E-state index contributed by atoms with van der Waals surface area (Å²) in [6.45, 7) is 2.33. The minimum atomic E-state index is -0.0871. The van der Waals surface area contributed by atoms with Gasteiger partial charge in [0.05, 0.1) is 6.54 Å². The molecule has 0 radical (unpaired) electrons. The Morgan fingerprint density at radius 2 is 1.92 bits per heavy atom. The smallest absolute Gasteiger partial charge is 0.317 e. The zero-order valence-corrected chi connectivity index (χ0v) is 14.2. The number of nitrogens with one attached hydrogen (secondary N) is 1. The van der Waals surface area contributed by atoms with E-state index >= 15 is 0 Å². The van der Waals surface area contributed by atoms with Gasteiger partial charge in [-0.1, -0.05) is 48.5 Å². The van der Waals surface area contributed by atoms with Crippen molar-refractivity contribution in [2.24, 2.45) is 5.92 Å². The van der Waals surface area contributed by atoms with E-state index in [4.69, 9.17) is 9.84 Å². The van der Waals surface area contributed by atoms with Gasteiger partial charge >= 0.3 is 6.03 Å². The third kappa shape index (κ3) is 4.51. The van der Waals surface area contributed by atoms with E-state index in [1.165, 1.54) is 0 Å². The summed E-state index contributed by atoms with van der Waals surface area (Å²) in [5.41, 5.74) is 2.15. The molecule has 5 heteroatoms. The molecule has 5 nitrogen and oxygen atoms in total. The van der Waals surface area contributed by atoms with E-state index in [1.54, 1.807) is 4.90 Å². The number of urea groups is 1. The molecule has 2 aromatic rings. The average molecular weight is 340 g/mol. The third-order valence-electron chi connectivity index (χ3n) is 4.44. The van der Waals surface area contributed by atoms with Crippen molar-refractivity contribution in [3.63, 3.8) is 0 Å². The Bertz CT molecular complexity index is 690. The maximum atomic E-state index is 12.1. The van der Waals surface area contributed by atoms with Gasteiger partial charge < -0.3 is 20.1 Å². The van der Waals surface area contributed by atoms with E-state index in [-0.39, 0.29) is 18.6 Å². The number of likely N-dealkylation sites (tertiary alicyclic amines) is 1. The van der Waals surface area contributed by atoms with Crippen LogP contribution in [0.1, 0.15) is 6.42 Å². The lowest BCUT2D eigenvalue weighted by molar-refractivity contribution is 0.196. The molecule has 132 valence electrons. The van der Waals surface area contributed by atoms with Gasteiger partial charge in [-0.15, -0.1) is 0 Å². The molecule has 25 heavy (non-hydrogen) atoms. The standard InChI is InChI=1S/C20H24N2O3/c23-15-16-10-12-22(14-16)20(24)21-11-13-25-19-9-5-4-8-18(19)17-6-2-1-3-7-17/h1-9,16,23H,10-15H2,(H,21,24). The number of hydrogen-bond acceptors (Lipinski definition) is 3. The minimum absolute atomic E-state index is 0.0871. The number of amides is 2. The van der Waals surface area contributed by atoms with Crippen LogP contribution in [0.5, 0.6) is 5.75 Å². The second-order valence-corrected chi connectivity index (χ2v) is 6.23. The highest BCUT2D eigenvalue weighted by molar-refractivity contribution is 5.74. The van der Waals surface area contributed by atoms with Crippen molar-refractivity contribution in [3.8, 4) is 16.9 Å². The van der Waals surface area contributed by atoms with Crippen LogP contribution in [-0.4, -0.2) is 48.9 Å². The molecule has 1 saturated heterocycles. The molecule has 1 heterocycles. The number of carbonyl (C=O) groups excluding carboxylic acids is 1. The van der Waals surface area contributed by atoms with E-state index in [1.807, 2.05) is 42.5 Å². The molecule has 3 rings (SSSR count). The number of rotatable bonds is 6. The summed E-state index contributed by atoms with van der Waals surface area (Å²) in [5.74, 6) is 1.02. The zero-order chi connectivity index (χ0) is 17.5. The number of nitrogens with zero attached hydrogens (tertiary/aromatic N) is 1. The summed E-state index contributed by atoms with van der Waals surface area (Å²) in [6, 6.07) is 17.9. The molecule has 0 bridgehead atoms. The minimum Gasteiger partial charge on any atom is -0.491 e. The zero-order valence-electron chi connectivity index (χ0n) is 14.2. The Morgan fingerprint density at radius 1 is 1.16 bits per heavy atom. The largest absolute Gasteiger partial charge is 0.491 e. The van der Waals surface area contributed by atoms with Gasteiger partial charge in [-0.3, -0.25) is 0 Å². The van der Waals surface area contributed by atoms with Crippen LogP contribution in [0.15, 0.2) is 54.6 Å². The van der Waals surface area contributed by atoms with Crippen molar-refractivity contribution < 1.29 is 14.6 Å². The summed E-state index contributed by atoms with van der Waals surface area (Å²) in [4.78, 5) is 13.8. The van der Waals surface area contributed by atoms with E-state index in [0.29, 0.717) is 26.2 Å². The molecule has 1 aliphatic heterocycles. The quantitative estimate of drug-likeness (QED) is 0.795. The van der Waals surface area contributed by atoms with Gasteiger partial charge in [0.25, 0.3) is 0 Å². The van der Waals surface area contributed by atoms with Crippen LogP contribution in [0.2, 0.25) is 0 Å². The third-order valence-corrected chi connectivity index (χ3v) is 4.44. The highest BCUT2D eigenvalue weighted by Gasteiger charge is 2.25. The molecular weight excluding hydrogens is 316 g/mol. The second-order valence-electron chi connectivity index (χ2n) is 6.23.